The fraction of sp³-hybridized carbons (Fsp3) is 0.444. The number of urea groups is 1. The molecule has 0 bridgehead atoms. The third-order valence-corrected chi connectivity index (χ3v) is 5.20. The van der Waals surface area contributed by atoms with E-state index >= 15 is 0 Å². The molecule has 5 heteroatoms. The number of nitrogens with one attached hydrogen (secondary N) is 1. The van der Waals surface area contributed by atoms with Crippen LogP contribution in [-0.2, 0) is 6.42 Å². The van der Waals surface area contributed by atoms with Crippen molar-refractivity contribution < 1.29 is 4.79 Å². The van der Waals surface area contributed by atoms with Crippen LogP contribution in [0.2, 0.25) is 0 Å². The van der Waals surface area contributed by atoms with Gasteiger partial charge in [-0.05, 0) is 31.2 Å². The molecule has 1 fully saturated rings. The fourth-order valence-electron chi connectivity index (χ4n) is 3.02. The van der Waals surface area contributed by atoms with Gasteiger partial charge in [0.1, 0.15) is 5.01 Å². The molecular weight excluding hydrogens is 306 g/mol. The molecule has 0 aliphatic carbocycles. The number of rotatable bonds is 5. The van der Waals surface area contributed by atoms with E-state index in [0.29, 0.717) is 5.92 Å². The second-order valence-electron chi connectivity index (χ2n) is 6.24. The van der Waals surface area contributed by atoms with Crippen molar-refractivity contribution >= 4 is 17.4 Å². The smallest absolute Gasteiger partial charge is 0.317 e. The van der Waals surface area contributed by atoms with Crippen molar-refractivity contribution in [2.24, 2.45) is 5.92 Å². The van der Waals surface area contributed by atoms with Crippen LogP contribution in [0.15, 0.2) is 35.8 Å². The van der Waals surface area contributed by atoms with Crippen molar-refractivity contribution in [1.29, 1.82) is 0 Å². The highest BCUT2D eigenvalue weighted by molar-refractivity contribution is 7.09. The highest BCUT2D eigenvalue weighted by Crippen LogP contribution is 2.23. The van der Waals surface area contributed by atoms with Gasteiger partial charge in [-0.25, -0.2) is 9.78 Å². The summed E-state index contributed by atoms with van der Waals surface area (Å²) in [5, 5.41) is 6.03. The summed E-state index contributed by atoms with van der Waals surface area (Å²) in [6.07, 6.45) is 3.70. The van der Waals surface area contributed by atoms with E-state index in [1.165, 1.54) is 11.1 Å². The van der Waals surface area contributed by atoms with E-state index in [2.05, 4.69) is 48.4 Å². The maximum Gasteiger partial charge on any atom is 0.317 e. The van der Waals surface area contributed by atoms with Gasteiger partial charge in [-0.1, -0.05) is 36.8 Å². The van der Waals surface area contributed by atoms with E-state index < -0.39 is 0 Å². The molecule has 0 unspecified atom stereocenters. The predicted octanol–water partition coefficient (Wildman–Crippen LogP) is 3.79. The van der Waals surface area contributed by atoms with E-state index in [-0.39, 0.29) is 12.1 Å². The first-order valence-corrected chi connectivity index (χ1v) is 9.04. The van der Waals surface area contributed by atoms with E-state index in [1.807, 2.05) is 10.3 Å². The number of carbonyl (C=O) groups is 1. The zero-order chi connectivity index (χ0) is 16.2. The van der Waals surface area contributed by atoms with Crippen molar-refractivity contribution in [3.8, 4) is 0 Å². The first kappa shape index (κ1) is 16.0. The molecule has 1 atom stereocenters. The molecular formula is C18H23N3OS. The molecule has 23 heavy (non-hydrogen) atoms. The average Bonchev–Trinajstić information content (AvgIpc) is 3.02. The van der Waals surface area contributed by atoms with Gasteiger partial charge in [0.15, 0.2) is 0 Å². The molecule has 4 nitrogen and oxygen atoms in total. The van der Waals surface area contributed by atoms with Crippen molar-refractivity contribution in [2.45, 2.75) is 32.7 Å². The number of likely N-dealkylation sites (tertiary alicyclic amines) is 1. The van der Waals surface area contributed by atoms with E-state index in [9.17, 15) is 4.79 Å². The summed E-state index contributed by atoms with van der Waals surface area (Å²) in [6, 6.07) is 8.69. The second kappa shape index (κ2) is 7.13. The Morgan fingerprint density at radius 1 is 1.48 bits per heavy atom. The van der Waals surface area contributed by atoms with Gasteiger partial charge < -0.3 is 10.2 Å². The van der Waals surface area contributed by atoms with Crippen LogP contribution < -0.4 is 5.32 Å². The van der Waals surface area contributed by atoms with Crippen molar-refractivity contribution in [3.63, 3.8) is 0 Å². The van der Waals surface area contributed by atoms with E-state index in [1.54, 1.807) is 17.5 Å². The lowest BCUT2D eigenvalue weighted by atomic mass is 9.92. The number of hydrogen-bond donors (Lipinski definition) is 1. The Morgan fingerprint density at radius 3 is 2.96 bits per heavy atom. The molecule has 0 radical (unpaired) electrons. The summed E-state index contributed by atoms with van der Waals surface area (Å²) >= 11 is 1.59. The second-order valence-corrected chi connectivity index (χ2v) is 7.17. The minimum Gasteiger partial charge on any atom is -0.329 e. The Morgan fingerprint density at radius 2 is 2.30 bits per heavy atom. The molecule has 2 aromatic rings. The number of aromatic nitrogens is 1. The van der Waals surface area contributed by atoms with Gasteiger partial charge >= 0.3 is 6.03 Å². The van der Waals surface area contributed by atoms with Crippen LogP contribution in [0, 0.1) is 12.8 Å². The Labute approximate surface area is 141 Å². The number of hydrogen-bond acceptors (Lipinski definition) is 3. The van der Waals surface area contributed by atoms with Crippen molar-refractivity contribution in [1.82, 2.24) is 15.2 Å². The Hall–Kier alpha value is -1.88. The normalized spacial score (nSPS) is 16.0. The average molecular weight is 329 g/mol. The molecule has 1 aliphatic heterocycles. The molecule has 0 saturated carbocycles. The molecule has 1 aliphatic rings. The number of nitrogens with zero attached hydrogens (tertiary/aromatic N) is 2. The first-order chi connectivity index (χ1) is 11.2. The fourth-order valence-corrected chi connectivity index (χ4v) is 3.80. The third-order valence-electron chi connectivity index (χ3n) is 4.31. The van der Waals surface area contributed by atoms with Gasteiger partial charge in [-0.15, -0.1) is 11.3 Å². The number of aryl methyl sites for hydroxylation is 1. The highest BCUT2D eigenvalue weighted by Gasteiger charge is 2.31. The molecule has 1 N–H and O–H groups in total. The van der Waals surface area contributed by atoms with Gasteiger partial charge in [-0.2, -0.15) is 0 Å². The molecule has 2 heterocycles. The Balaban J connectivity index is 1.48. The third kappa shape index (κ3) is 3.91. The minimum absolute atomic E-state index is 0.0262. The lowest BCUT2D eigenvalue weighted by Gasteiger charge is -2.40. The van der Waals surface area contributed by atoms with Gasteiger partial charge in [-0.3, -0.25) is 0 Å². The largest absolute Gasteiger partial charge is 0.329 e. The summed E-state index contributed by atoms with van der Waals surface area (Å²) in [7, 11) is 0. The standard InChI is InChI=1S/C18H23N3OS/c1-3-16(17-19-7-8-23-17)20-18(22)21-11-15(12-21)10-14-6-4-5-13(2)9-14/h4-9,15-16H,3,10-12H2,1-2H3,(H,20,22)/t16-/m0/s1. The molecule has 2 amide bonds. The number of amides is 2. The van der Waals surface area contributed by atoms with Crippen LogP contribution in [0.5, 0.6) is 0 Å². The van der Waals surface area contributed by atoms with Gasteiger partial charge in [0.25, 0.3) is 0 Å². The lowest BCUT2D eigenvalue weighted by Crippen LogP contribution is -2.54. The van der Waals surface area contributed by atoms with Crippen LogP contribution in [0.4, 0.5) is 4.79 Å². The van der Waals surface area contributed by atoms with Gasteiger partial charge in [0.05, 0.1) is 6.04 Å². The maximum absolute atomic E-state index is 12.3. The van der Waals surface area contributed by atoms with Crippen LogP contribution in [0.1, 0.15) is 35.5 Å². The molecule has 1 aromatic heterocycles. The molecule has 122 valence electrons. The van der Waals surface area contributed by atoms with Crippen LogP contribution in [0.3, 0.4) is 0 Å². The van der Waals surface area contributed by atoms with Crippen molar-refractivity contribution in [3.05, 3.63) is 52.0 Å². The summed E-state index contributed by atoms with van der Waals surface area (Å²) in [5.74, 6) is 0.572. The molecule has 3 rings (SSSR count). The Bertz CT molecular complexity index is 650. The van der Waals surface area contributed by atoms with E-state index in [4.69, 9.17) is 0 Å². The summed E-state index contributed by atoms with van der Waals surface area (Å²) in [4.78, 5) is 18.5. The van der Waals surface area contributed by atoms with Gasteiger partial charge in [0.2, 0.25) is 0 Å². The molecule has 1 saturated heterocycles. The maximum atomic E-state index is 12.3. The van der Waals surface area contributed by atoms with E-state index in [0.717, 1.165) is 30.9 Å². The number of carbonyl (C=O) groups excluding carboxylic acids is 1. The highest BCUT2D eigenvalue weighted by atomic mass is 32.1. The summed E-state index contributed by atoms with van der Waals surface area (Å²) < 4.78 is 0. The zero-order valence-electron chi connectivity index (χ0n) is 13.7. The van der Waals surface area contributed by atoms with Crippen molar-refractivity contribution in [2.75, 3.05) is 13.1 Å². The summed E-state index contributed by atoms with van der Waals surface area (Å²) in [6.45, 7) is 5.87. The van der Waals surface area contributed by atoms with Crippen LogP contribution in [-0.4, -0.2) is 29.0 Å². The minimum atomic E-state index is 0.0262. The first-order valence-electron chi connectivity index (χ1n) is 8.16. The number of benzene rings is 1. The summed E-state index contributed by atoms with van der Waals surface area (Å²) in [5.41, 5.74) is 2.66. The van der Waals surface area contributed by atoms with Gasteiger partial charge in [0, 0.05) is 24.7 Å². The van der Waals surface area contributed by atoms with Crippen LogP contribution >= 0.6 is 11.3 Å². The predicted molar refractivity (Wildman–Crippen MR) is 93.6 cm³/mol. The quantitative estimate of drug-likeness (QED) is 0.907. The Kier molecular flexibility index (Phi) is 4.96. The number of thiazole rings is 1. The SMILES string of the molecule is CC[C@H](NC(=O)N1CC(Cc2cccc(C)c2)C1)c1nccs1. The monoisotopic (exact) mass is 329 g/mol. The zero-order valence-corrected chi connectivity index (χ0v) is 14.5. The molecule has 0 spiro atoms. The lowest BCUT2D eigenvalue weighted by molar-refractivity contribution is 0.118. The molecule has 1 aromatic carbocycles. The topological polar surface area (TPSA) is 45.2 Å². The van der Waals surface area contributed by atoms with Crippen LogP contribution in [0.25, 0.3) is 0 Å².